The largest absolute Gasteiger partial charge is 0.454 e. The number of hydrogen-bond acceptors (Lipinski definition) is 2. The molecule has 1 aromatic carbocycles. The van der Waals surface area contributed by atoms with Gasteiger partial charge in [0.2, 0.25) is 6.79 Å². The lowest BCUT2D eigenvalue weighted by Gasteiger charge is -2.19. The maximum Gasteiger partial charge on any atom is 0.231 e. The highest BCUT2D eigenvalue weighted by Gasteiger charge is 2.22. The third-order valence-corrected chi connectivity index (χ3v) is 2.49. The van der Waals surface area contributed by atoms with E-state index in [-0.39, 0.29) is 12.2 Å². The van der Waals surface area contributed by atoms with Crippen molar-refractivity contribution in [3.05, 3.63) is 23.3 Å². The highest BCUT2D eigenvalue weighted by atomic mass is 16.7. The van der Waals surface area contributed by atoms with E-state index in [9.17, 15) is 0 Å². The minimum atomic E-state index is 0.0621. The average molecular weight is 202 g/mol. The fraction of sp³-hybridized carbons (Fsp3) is 0.385. The van der Waals surface area contributed by atoms with Gasteiger partial charge < -0.3 is 9.47 Å². The molecule has 1 aliphatic heterocycles. The molecule has 0 saturated heterocycles. The van der Waals surface area contributed by atoms with E-state index in [2.05, 4.69) is 26.7 Å². The summed E-state index contributed by atoms with van der Waals surface area (Å²) in [6.45, 7) is 6.69. The highest BCUT2D eigenvalue weighted by Crippen LogP contribution is 2.39. The first-order valence-corrected chi connectivity index (χ1v) is 4.93. The molecule has 2 rings (SSSR count). The van der Waals surface area contributed by atoms with Crippen LogP contribution in [0.5, 0.6) is 11.5 Å². The molecule has 0 saturated carbocycles. The van der Waals surface area contributed by atoms with Crippen molar-refractivity contribution in [3.8, 4) is 23.8 Å². The summed E-state index contributed by atoms with van der Waals surface area (Å²) < 4.78 is 10.7. The normalized spacial score (nSPS) is 13.7. The van der Waals surface area contributed by atoms with E-state index in [1.165, 1.54) is 5.56 Å². The monoisotopic (exact) mass is 202 g/mol. The van der Waals surface area contributed by atoms with Crippen LogP contribution in [0.4, 0.5) is 0 Å². The fourth-order valence-corrected chi connectivity index (χ4v) is 1.55. The van der Waals surface area contributed by atoms with Crippen LogP contribution in [0, 0.1) is 12.3 Å². The van der Waals surface area contributed by atoms with Crippen molar-refractivity contribution in [1.29, 1.82) is 0 Å². The lowest BCUT2D eigenvalue weighted by Crippen LogP contribution is -2.11. The van der Waals surface area contributed by atoms with Crippen LogP contribution in [0.2, 0.25) is 0 Å². The van der Waals surface area contributed by atoms with Gasteiger partial charge in [-0.15, -0.1) is 6.42 Å². The molecule has 0 bridgehead atoms. The van der Waals surface area contributed by atoms with E-state index in [4.69, 9.17) is 15.9 Å². The number of fused-ring (bicyclic) bond motifs is 1. The van der Waals surface area contributed by atoms with E-state index in [1.54, 1.807) is 0 Å². The van der Waals surface area contributed by atoms with Crippen molar-refractivity contribution < 1.29 is 9.47 Å². The Bertz CT molecular complexity index is 433. The van der Waals surface area contributed by atoms with Crippen LogP contribution in [0.3, 0.4) is 0 Å². The van der Waals surface area contributed by atoms with Gasteiger partial charge in [-0.2, -0.15) is 0 Å². The lowest BCUT2D eigenvalue weighted by atomic mass is 9.86. The van der Waals surface area contributed by atoms with Gasteiger partial charge in [-0.1, -0.05) is 26.7 Å². The third-order valence-electron chi connectivity index (χ3n) is 2.49. The molecule has 1 aromatic rings. The van der Waals surface area contributed by atoms with Gasteiger partial charge in [-0.25, -0.2) is 0 Å². The second-order valence-corrected chi connectivity index (χ2v) is 4.65. The maximum absolute atomic E-state index is 5.45. The summed E-state index contributed by atoms with van der Waals surface area (Å²) in [4.78, 5) is 0. The smallest absolute Gasteiger partial charge is 0.231 e. The summed E-state index contributed by atoms with van der Waals surface area (Å²) >= 11 is 0. The molecule has 15 heavy (non-hydrogen) atoms. The van der Waals surface area contributed by atoms with Gasteiger partial charge in [0.05, 0.1) is 5.56 Å². The molecule has 0 atom stereocenters. The standard InChI is InChI=1S/C13H14O2/c1-5-9-6-10(13(2,3)4)7-11-12(9)15-8-14-11/h1,6-7H,8H2,2-4H3. The molecule has 0 amide bonds. The molecule has 0 spiro atoms. The van der Waals surface area contributed by atoms with Crippen molar-refractivity contribution in [1.82, 2.24) is 0 Å². The molecule has 0 aliphatic carbocycles. The first-order valence-electron chi connectivity index (χ1n) is 4.93. The highest BCUT2D eigenvalue weighted by molar-refractivity contribution is 5.57. The van der Waals surface area contributed by atoms with Crippen LogP contribution in [0.25, 0.3) is 0 Å². The summed E-state index contributed by atoms with van der Waals surface area (Å²) in [6, 6.07) is 4.00. The Morgan fingerprint density at radius 1 is 1.27 bits per heavy atom. The predicted octanol–water partition coefficient (Wildman–Crippen LogP) is 2.69. The second kappa shape index (κ2) is 3.20. The van der Waals surface area contributed by atoms with Crippen molar-refractivity contribution in [2.24, 2.45) is 0 Å². The molecule has 2 heteroatoms. The number of rotatable bonds is 0. The van der Waals surface area contributed by atoms with Crippen LogP contribution < -0.4 is 9.47 Å². The van der Waals surface area contributed by atoms with Crippen molar-refractivity contribution in [2.45, 2.75) is 26.2 Å². The zero-order chi connectivity index (χ0) is 11.1. The van der Waals surface area contributed by atoms with E-state index in [0.717, 1.165) is 11.3 Å². The van der Waals surface area contributed by atoms with E-state index >= 15 is 0 Å². The Morgan fingerprint density at radius 3 is 2.60 bits per heavy atom. The second-order valence-electron chi connectivity index (χ2n) is 4.65. The number of ether oxygens (including phenoxy) is 2. The van der Waals surface area contributed by atoms with Crippen LogP contribution in [-0.2, 0) is 5.41 Å². The van der Waals surface area contributed by atoms with Gasteiger partial charge in [0, 0.05) is 0 Å². The van der Waals surface area contributed by atoms with Crippen LogP contribution in [0.1, 0.15) is 31.9 Å². The summed E-state index contributed by atoms with van der Waals surface area (Å²) in [5, 5.41) is 0. The molecule has 0 N–H and O–H groups in total. The molecular weight excluding hydrogens is 188 g/mol. The number of hydrogen-bond donors (Lipinski definition) is 0. The zero-order valence-electron chi connectivity index (χ0n) is 9.26. The van der Waals surface area contributed by atoms with Crippen LogP contribution in [-0.4, -0.2) is 6.79 Å². The molecule has 78 valence electrons. The Hall–Kier alpha value is -1.62. The van der Waals surface area contributed by atoms with Gasteiger partial charge in [0.25, 0.3) is 0 Å². The minimum absolute atomic E-state index is 0.0621. The average Bonchev–Trinajstić information content (AvgIpc) is 2.62. The fourth-order valence-electron chi connectivity index (χ4n) is 1.55. The van der Waals surface area contributed by atoms with E-state index in [0.29, 0.717) is 5.75 Å². The van der Waals surface area contributed by atoms with E-state index < -0.39 is 0 Å². The van der Waals surface area contributed by atoms with Gasteiger partial charge in [-0.3, -0.25) is 0 Å². The summed E-state index contributed by atoms with van der Waals surface area (Å²) in [6.07, 6.45) is 5.45. The third kappa shape index (κ3) is 1.66. The van der Waals surface area contributed by atoms with Gasteiger partial charge in [-0.05, 0) is 23.1 Å². The zero-order valence-corrected chi connectivity index (χ0v) is 9.26. The Morgan fingerprint density at radius 2 is 2.00 bits per heavy atom. The molecule has 1 heterocycles. The summed E-state index contributed by atoms with van der Waals surface area (Å²) in [5.41, 5.74) is 2.00. The van der Waals surface area contributed by atoms with Gasteiger partial charge in [0.1, 0.15) is 0 Å². The molecule has 2 nitrogen and oxygen atoms in total. The molecule has 0 radical (unpaired) electrons. The lowest BCUT2D eigenvalue weighted by molar-refractivity contribution is 0.173. The van der Waals surface area contributed by atoms with Crippen LogP contribution in [0.15, 0.2) is 12.1 Å². The topological polar surface area (TPSA) is 18.5 Å². The van der Waals surface area contributed by atoms with Gasteiger partial charge in [0.15, 0.2) is 11.5 Å². The molecule has 1 aliphatic rings. The molecular formula is C13H14O2. The Kier molecular flexibility index (Phi) is 2.12. The first kappa shape index (κ1) is 9.92. The first-order chi connectivity index (χ1) is 7.02. The summed E-state index contributed by atoms with van der Waals surface area (Å²) in [7, 11) is 0. The van der Waals surface area contributed by atoms with Crippen molar-refractivity contribution in [3.63, 3.8) is 0 Å². The van der Waals surface area contributed by atoms with Crippen LogP contribution >= 0.6 is 0 Å². The predicted molar refractivity (Wildman–Crippen MR) is 59.2 cm³/mol. The van der Waals surface area contributed by atoms with Gasteiger partial charge >= 0.3 is 0 Å². The summed E-state index contributed by atoms with van der Waals surface area (Å²) in [5.74, 6) is 4.09. The SMILES string of the molecule is C#Cc1cc(C(C)(C)C)cc2c1OCO2. The molecule has 0 aromatic heterocycles. The van der Waals surface area contributed by atoms with Crippen molar-refractivity contribution >= 4 is 0 Å². The minimum Gasteiger partial charge on any atom is -0.454 e. The number of terminal acetylenes is 1. The quantitative estimate of drug-likeness (QED) is 0.602. The maximum atomic E-state index is 5.45. The molecule has 0 unspecified atom stereocenters. The molecule has 0 fully saturated rings. The van der Waals surface area contributed by atoms with Crippen molar-refractivity contribution in [2.75, 3.05) is 6.79 Å². The Balaban J connectivity index is 2.59. The van der Waals surface area contributed by atoms with E-state index in [1.807, 2.05) is 12.1 Å². The number of benzene rings is 1. The Labute approximate surface area is 90.2 Å².